The maximum absolute atomic E-state index is 14.0. The molecule has 3 nitrogen and oxygen atoms in total. The number of nitrogens with zero attached hydrogens (tertiary/aromatic N) is 1. The zero-order valence-electron chi connectivity index (χ0n) is 16.8. The number of aromatic nitrogens is 1. The molecule has 4 heterocycles. The van der Waals surface area contributed by atoms with Crippen LogP contribution in [-0.4, -0.2) is 16.2 Å². The number of pyridine rings is 1. The molecule has 1 aromatic carbocycles. The van der Waals surface area contributed by atoms with Gasteiger partial charge in [-0.1, -0.05) is 24.3 Å². The summed E-state index contributed by atoms with van der Waals surface area (Å²) in [5.41, 5.74) is 8.69. The lowest BCUT2D eigenvalue weighted by molar-refractivity contribution is -0.544. The van der Waals surface area contributed by atoms with E-state index < -0.39 is 11.7 Å². The fourth-order valence-corrected chi connectivity index (χ4v) is 5.92. The van der Waals surface area contributed by atoms with Gasteiger partial charge in [-0.25, -0.2) is 9.98 Å². The number of alkyl halides is 3. The quantitative estimate of drug-likeness (QED) is 0.450. The van der Waals surface area contributed by atoms with Crippen LogP contribution in [0.15, 0.2) is 47.8 Å². The molecule has 0 aliphatic carbocycles. The van der Waals surface area contributed by atoms with E-state index in [1.165, 1.54) is 22.7 Å². The number of benzene rings is 1. The van der Waals surface area contributed by atoms with Crippen LogP contribution in [-0.2, 0) is 12.6 Å². The molecule has 0 amide bonds. The van der Waals surface area contributed by atoms with E-state index >= 15 is 0 Å². The Bertz CT molecular complexity index is 1330. The maximum Gasteiger partial charge on any atom is 0.417 e. The van der Waals surface area contributed by atoms with Gasteiger partial charge in [-0.05, 0) is 29.1 Å². The van der Waals surface area contributed by atoms with Crippen LogP contribution in [0.3, 0.4) is 0 Å². The molecule has 0 radical (unpaired) electrons. The van der Waals surface area contributed by atoms with Gasteiger partial charge >= 0.3 is 6.18 Å². The van der Waals surface area contributed by atoms with Crippen LogP contribution in [0, 0.1) is 0 Å². The highest BCUT2D eigenvalue weighted by Gasteiger charge is 2.39. The molecule has 5 rings (SSSR count). The molecule has 0 fully saturated rings. The predicted octanol–water partition coefficient (Wildman–Crippen LogP) is 4.88. The van der Waals surface area contributed by atoms with E-state index in [2.05, 4.69) is 29.9 Å². The van der Waals surface area contributed by atoms with Gasteiger partial charge in [0.1, 0.15) is 9.71 Å². The van der Waals surface area contributed by atoms with E-state index in [-0.39, 0.29) is 16.6 Å². The predicted molar refractivity (Wildman–Crippen MR) is 121 cm³/mol. The summed E-state index contributed by atoms with van der Waals surface area (Å²) in [7, 11) is 0. The van der Waals surface area contributed by atoms with Crippen LogP contribution in [0.5, 0.6) is 0 Å². The second kappa shape index (κ2) is 6.90. The average Bonchev–Trinajstić information content (AvgIpc) is 3.34. The lowest BCUT2D eigenvalue weighted by Gasteiger charge is -2.23. The molecule has 4 aromatic rings. The highest BCUT2D eigenvalue weighted by molar-refractivity contribution is 7.21. The Kier molecular flexibility index (Phi) is 4.50. The number of nitrogens with two attached hydrogens (primary N) is 1. The smallest absolute Gasteiger partial charge is 0.397 e. The highest BCUT2D eigenvalue weighted by Crippen LogP contribution is 2.44. The number of thiophene rings is 2. The number of anilines is 1. The lowest BCUT2D eigenvalue weighted by Crippen LogP contribution is -2.88. The van der Waals surface area contributed by atoms with Gasteiger partial charge in [0.15, 0.2) is 5.54 Å². The maximum atomic E-state index is 14.0. The number of rotatable bonds is 2. The van der Waals surface area contributed by atoms with Gasteiger partial charge in [-0.15, -0.1) is 22.7 Å². The molecular weight excluding hydrogens is 439 g/mol. The Morgan fingerprint density at radius 3 is 2.61 bits per heavy atom. The van der Waals surface area contributed by atoms with E-state index in [0.29, 0.717) is 20.3 Å². The molecule has 31 heavy (non-hydrogen) atoms. The largest absolute Gasteiger partial charge is 0.417 e. The summed E-state index contributed by atoms with van der Waals surface area (Å²) in [5, 5.41) is 1.80. The van der Waals surface area contributed by atoms with Gasteiger partial charge in [-0.3, -0.25) is 0 Å². The molecule has 0 spiro atoms. The fraction of sp³-hybridized carbons (Fsp3) is 0.217. The Hall–Kier alpha value is -2.71. The highest BCUT2D eigenvalue weighted by atomic mass is 32.1. The van der Waals surface area contributed by atoms with Crippen LogP contribution in [0.25, 0.3) is 20.8 Å². The van der Waals surface area contributed by atoms with E-state index in [4.69, 9.17) is 5.73 Å². The summed E-state index contributed by atoms with van der Waals surface area (Å²) in [6.07, 6.45) is -3.73. The zero-order chi connectivity index (χ0) is 22.0. The van der Waals surface area contributed by atoms with Gasteiger partial charge in [-0.2, -0.15) is 13.2 Å². The summed E-state index contributed by atoms with van der Waals surface area (Å²) in [6, 6.07) is 12.6. The van der Waals surface area contributed by atoms with Crippen molar-refractivity contribution in [2.75, 3.05) is 5.73 Å². The SMILES string of the molecule is CC1(C)Cc2ccccc2C(c2sc3nc(-c4cccs4)cc(C(F)(F)F)c3c2N)=[NH+]1. The molecule has 0 bridgehead atoms. The Morgan fingerprint density at radius 2 is 1.90 bits per heavy atom. The number of fused-ring (bicyclic) bond motifs is 2. The normalized spacial score (nSPS) is 15.7. The molecule has 158 valence electrons. The molecule has 3 N–H and O–H groups in total. The van der Waals surface area contributed by atoms with Crippen LogP contribution in [0.2, 0.25) is 0 Å². The monoisotopic (exact) mass is 458 g/mol. The first-order valence-electron chi connectivity index (χ1n) is 9.72. The molecule has 3 aromatic heterocycles. The van der Waals surface area contributed by atoms with Crippen molar-refractivity contribution in [2.45, 2.75) is 32.0 Å². The second-order valence-corrected chi connectivity index (χ2v) is 10.2. The van der Waals surface area contributed by atoms with Gasteiger partial charge in [0, 0.05) is 25.7 Å². The first-order valence-corrected chi connectivity index (χ1v) is 11.4. The van der Waals surface area contributed by atoms with Crippen molar-refractivity contribution in [1.82, 2.24) is 4.98 Å². The molecule has 8 heteroatoms. The van der Waals surface area contributed by atoms with Crippen LogP contribution in [0.1, 0.15) is 35.4 Å². The van der Waals surface area contributed by atoms with Crippen molar-refractivity contribution in [3.63, 3.8) is 0 Å². The van der Waals surface area contributed by atoms with Gasteiger partial charge in [0.25, 0.3) is 0 Å². The topological polar surface area (TPSA) is 52.9 Å². The Labute approximate surface area is 185 Å². The van der Waals surface area contributed by atoms with Crippen LogP contribution in [0.4, 0.5) is 18.9 Å². The summed E-state index contributed by atoms with van der Waals surface area (Å²) < 4.78 is 42.1. The number of nitrogen functional groups attached to an aromatic ring is 1. The number of hydrogen-bond donors (Lipinski definition) is 2. The van der Waals surface area contributed by atoms with Crippen LogP contribution < -0.4 is 10.7 Å². The van der Waals surface area contributed by atoms with E-state index in [9.17, 15) is 13.2 Å². The molecule has 0 unspecified atom stereocenters. The molecular formula is C23H19F3N3S2+. The average molecular weight is 459 g/mol. The number of hydrogen-bond acceptors (Lipinski definition) is 4. The van der Waals surface area contributed by atoms with Crippen molar-refractivity contribution in [2.24, 2.45) is 0 Å². The van der Waals surface area contributed by atoms with Crippen molar-refractivity contribution >= 4 is 44.3 Å². The van der Waals surface area contributed by atoms with E-state index in [1.807, 2.05) is 23.6 Å². The summed E-state index contributed by atoms with van der Waals surface area (Å²) in [5.74, 6) is 0. The number of halogens is 3. The minimum absolute atomic E-state index is 0.0250. The van der Waals surface area contributed by atoms with Crippen molar-refractivity contribution in [3.05, 3.63) is 69.4 Å². The van der Waals surface area contributed by atoms with Gasteiger partial charge < -0.3 is 5.73 Å². The third-order valence-electron chi connectivity index (χ3n) is 5.39. The molecule has 0 saturated carbocycles. The van der Waals surface area contributed by atoms with Gasteiger partial charge in [0.05, 0.1) is 27.4 Å². The van der Waals surface area contributed by atoms with Crippen molar-refractivity contribution in [1.29, 1.82) is 0 Å². The van der Waals surface area contributed by atoms with Gasteiger partial charge in [0.2, 0.25) is 5.71 Å². The molecule has 0 atom stereocenters. The number of nitrogens with one attached hydrogen (secondary N) is 1. The lowest BCUT2D eigenvalue weighted by atomic mass is 9.86. The summed E-state index contributed by atoms with van der Waals surface area (Å²) >= 11 is 2.56. The summed E-state index contributed by atoms with van der Waals surface area (Å²) in [6.45, 7) is 4.14. The van der Waals surface area contributed by atoms with E-state index in [1.54, 1.807) is 12.1 Å². The Morgan fingerprint density at radius 1 is 1.13 bits per heavy atom. The zero-order valence-corrected chi connectivity index (χ0v) is 18.4. The summed E-state index contributed by atoms with van der Waals surface area (Å²) in [4.78, 5) is 9.65. The standard InChI is InChI=1S/C23H18F3N3S2/c1-22(2)11-12-6-3-4-7-13(12)19(29-22)20-18(27)17-14(23(24,25)26)10-15(28-21(17)31-20)16-8-5-9-30-16/h3-10H,11,27H2,1-2H3/p+1. The van der Waals surface area contributed by atoms with Crippen LogP contribution >= 0.6 is 22.7 Å². The minimum Gasteiger partial charge on any atom is -0.397 e. The van der Waals surface area contributed by atoms with Crippen molar-refractivity contribution in [3.8, 4) is 10.6 Å². The molecule has 0 saturated heterocycles. The Balaban J connectivity index is 1.80. The third-order valence-corrected chi connectivity index (χ3v) is 7.40. The first-order chi connectivity index (χ1) is 14.6. The molecule has 1 aliphatic heterocycles. The second-order valence-electron chi connectivity index (χ2n) is 8.27. The van der Waals surface area contributed by atoms with E-state index in [0.717, 1.165) is 29.3 Å². The third kappa shape index (κ3) is 3.43. The van der Waals surface area contributed by atoms with Crippen molar-refractivity contribution < 1.29 is 18.2 Å². The minimum atomic E-state index is -4.54. The fourth-order valence-electron chi connectivity index (χ4n) is 4.10. The first kappa shape index (κ1) is 20.2. The molecule has 1 aliphatic rings.